The molecule has 0 aliphatic heterocycles. The summed E-state index contributed by atoms with van der Waals surface area (Å²) >= 11 is 6.67. The minimum Gasteiger partial charge on any atom is -0.469 e. The van der Waals surface area contributed by atoms with E-state index in [0.717, 1.165) is 18.8 Å². The summed E-state index contributed by atoms with van der Waals surface area (Å²) in [5.41, 5.74) is 6.63. The van der Waals surface area contributed by atoms with Crippen LogP contribution in [-0.2, 0) is 22.4 Å². The summed E-state index contributed by atoms with van der Waals surface area (Å²) in [6.45, 7) is 2.75. The molecule has 0 fully saturated rings. The van der Waals surface area contributed by atoms with Gasteiger partial charge in [0.1, 0.15) is 0 Å². The summed E-state index contributed by atoms with van der Waals surface area (Å²) in [4.78, 5) is 25.3. The maximum absolute atomic E-state index is 12.3. The number of nitrogens with one attached hydrogen (secondary N) is 3. The van der Waals surface area contributed by atoms with Crippen molar-refractivity contribution < 1.29 is 14.3 Å². The predicted molar refractivity (Wildman–Crippen MR) is 103 cm³/mol. The standard InChI is InChI=1S/C17H25N3O3S2/c1-3-11-6-7-13-12(9-11)10-14(25-13)16(22)19-20-17(24)18-8-4-5-15(21)23-2/h10-11H,3-9H2,1-2H3,(H,19,22)(H2,18,20,24)/t11-/m0/s1. The number of thiophene rings is 1. The number of esters is 1. The second kappa shape index (κ2) is 9.72. The molecule has 1 aliphatic rings. The van der Waals surface area contributed by atoms with Crippen molar-refractivity contribution in [1.82, 2.24) is 16.2 Å². The van der Waals surface area contributed by atoms with Gasteiger partial charge in [0, 0.05) is 17.8 Å². The molecule has 0 unspecified atom stereocenters. The van der Waals surface area contributed by atoms with Gasteiger partial charge in [0.05, 0.1) is 12.0 Å². The first-order valence-corrected chi connectivity index (χ1v) is 9.78. The Labute approximate surface area is 157 Å². The van der Waals surface area contributed by atoms with Crippen LogP contribution in [0.1, 0.15) is 52.7 Å². The third kappa shape index (κ3) is 5.97. The summed E-state index contributed by atoms with van der Waals surface area (Å²) in [5.74, 6) is 0.310. The lowest BCUT2D eigenvalue weighted by atomic mass is 9.87. The van der Waals surface area contributed by atoms with Gasteiger partial charge >= 0.3 is 5.97 Å². The molecule has 3 N–H and O–H groups in total. The fourth-order valence-corrected chi connectivity index (χ4v) is 4.07. The van der Waals surface area contributed by atoms with E-state index in [1.807, 2.05) is 6.07 Å². The van der Waals surface area contributed by atoms with Crippen molar-refractivity contribution in [2.45, 2.75) is 45.4 Å². The second-order valence-electron chi connectivity index (χ2n) is 6.09. The SMILES string of the molecule is CC[C@H]1CCc2sc(C(=O)NNC(=S)NCCCC(=O)OC)cc2C1. The minimum atomic E-state index is -0.249. The smallest absolute Gasteiger partial charge is 0.305 e. The summed E-state index contributed by atoms with van der Waals surface area (Å²) in [6.07, 6.45) is 5.48. The van der Waals surface area contributed by atoms with Gasteiger partial charge in [0.25, 0.3) is 5.91 Å². The number of carbonyl (C=O) groups excluding carboxylic acids is 2. The van der Waals surface area contributed by atoms with E-state index in [4.69, 9.17) is 12.2 Å². The lowest BCUT2D eigenvalue weighted by Crippen LogP contribution is -2.46. The van der Waals surface area contributed by atoms with Gasteiger partial charge < -0.3 is 10.1 Å². The Morgan fingerprint density at radius 2 is 2.20 bits per heavy atom. The van der Waals surface area contributed by atoms with Crippen molar-refractivity contribution in [3.05, 3.63) is 21.4 Å². The summed E-state index contributed by atoms with van der Waals surface area (Å²) < 4.78 is 4.56. The number of hydrazine groups is 1. The predicted octanol–water partition coefficient (Wildman–Crippen LogP) is 2.33. The van der Waals surface area contributed by atoms with E-state index in [2.05, 4.69) is 27.8 Å². The summed E-state index contributed by atoms with van der Waals surface area (Å²) in [6, 6.07) is 2.01. The number of amides is 1. The molecule has 1 atom stereocenters. The largest absolute Gasteiger partial charge is 0.469 e. The molecular weight excluding hydrogens is 358 g/mol. The van der Waals surface area contributed by atoms with Crippen LogP contribution in [0.5, 0.6) is 0 Å². The van der Waals surface area contributed by atoms with E-state index in [0.29, 0.717) is 29.4 Å². The number of aryl methyl sites for hydroxylation is 1. The first-order chi connectivity index (χ1) is 12.0. The van der Waals surface area contributed by atoms with Crippen molar-refractivity contribution in [2.75, 3.05) is 13.7 Å². The lowest BCUT2D eigenvalue weighted by molar-refractivity contribution is -0.140. The summed E-state index contributed by atoms with van der Waals surface area (Å²) in [5, 5.41) is 3.26. The second-order valence-corrected chi connectivity index (χ2v) is 7.64. The quantitative estimate of drug-likeness (QED) is 0.303. The van der Waals surface area contributed by atoms with Gasteiger partial charge in [0.15, 0.2) is 5.11 Å². The lowest BCUT2D eigenvalue weighted by Gasteiger charge is -2.19. The number of hydrogen-bond acceptors (Lipinski definition) is 5. The first kappa shape index (κ1) is 19.7. The number of carbonyl (C=O) groups is 2. The van der Waals surface area contributed by atoms with Crippen molar-refractivity contribution in [1.29, 1.82) is 0 Å². The topological polar surface area (TPSA) is 79.5 Å². The van der Waals surface area contributed by atoms with Gasteiger partial charge in [-0.15, -0.1) is 11.3 Å². The zero-order valence-electron chi connectivity index (χ0n) is 14.6. The average Bonchev–Trinajstić information content (AvgIpc) is 3.06. The number of thiocarbonyl (C=S) groups is 1. The molecule has 0 aromatic carbocycles. The van der Waals surface area contributed by atoms with Crippen LogP contribution in [0.2, 0.25) is 0 Å². The van der Waals surface area contributed by atoms with Crippen LogP contribution in [0.15, 0.2) is 6.07 Å². The van der Waals surface area contributed by atoms with Gasteiger partial charge in [-0.05, 0) is 55.4 Å². The molecule has 25 heavy (non-hydrogen) atoms. The normalized spacial score (nSPS) is 15.8. The van der Waals surface area contributed by atoms with E-state index in [1.54, 1.807) is 11.3 Å². The van der Waals surface area contributed by atoms with Crippen LogP contribution in [0.4, 0.5) is 0 Å². The Balaban J connectivity index is 1.72. The molecule has 0 saturated carbocycles. The van der Waals surface area contributed by atoms with Crippen molar-refractivity contribution in [2.24, 2.45) is 5.92 Å². The van der Waals surface area contributed by atoms with Crippen LogP contribution in [0.3, 0.4) is 0 Å². The summed E-state index contributed by atoms with van der Waals surface area (Å²) in [7, 11) is 1.36. The number of methoxy groups -OCH3 is 1. The Kier molecular flexibility index (Phi) is 7.64. The highest BCUT2D eigenvalue weighted by Gasteiger charge is 2.22. The van der Waals surface area contributed by atoms with Gasteiger partial charge in [-0.2, -0.15) is 0 Å². The zero-order chi connectivity index (χ0) is 18.2. The van der Waals surface area contributed by atoms with E-state index in [9.17, 15) is 9.59 Å². The minimum absolute atomic E-state index is 0.175. The van der Waals surface area contributed by atoms with Gasteiger partial charge in [-0.3, -0.25) is 20.4 Å². The Morgan fingerprint density at radius 3 is 2.92 bits per heavy atom. The highest BCUT2D eigenvalue weighted by Crippen LogP contribution is 2.33. The third-order valence-electron chi connectivity index (χ3n) is 4.35. The Morgan fingerprint density at radius 1 is 1.40 bits per heavy atom. The fourth-order valence-electron chi connectivity index (χ4n) is 2.82. The zero-order valence-corrected chi connectivity index (χ0v) is 16.3. The van der Waals surface area contributed by atoms with E-state index in [-0.39, 0.29) is 11.9 Å². The van der Waals surface area contributed by atoms with E-state index < -0.39 is 0 Å². The molecular formula is C17H25N3O3S2. The highest BCUT2D eigenvalue weighted by atomic mass is 32.1. The molecule has 1 amide bonds. The van der Waals surface area contributed by atoms with Crippen LogP contribution < -0.4 is 16.2 Å². The van der Waals surface area contributed by atoms with E-state index >= 15 is 0 Å². The highest BCUT2D eigenvalue weighted by molar-refractivity contribution is 7.80. The maximum Gasteiger partial charge on any atom is 0.305 e. The molecule has 0 bridgehead atoms. The molecule has 0 saturated heterocycles. The number of rotatable bonds is 6. The number of ether oxygens (including phenoxy) is 1. The first-order valence-electron chi connectivity index (χ1n) is 8.56. The fraction of sp³-hybridized carbons (Fsp3) is 0.588. The van der Waals surface area contributed by atoms with Crippen LogP contribution in [-0.4, -0.2) is 30.6 Å². The average molecular weight is 384 g/mol. The van der Waals surface area contributed by atoms with Crippen molar-refractivity contribution >= 4 is 40.5 Å². The van der Waals surface area contributed by atoms with Gasteiger partial charge in [-0.1, -0.05) is 13.3 Å². The Bertz CT molecular complexity index is 631. The van der Waals surface area contributed by atoms with Crippen LogP contribution in [0, 0.1) is 5.92 Å². The van der Waals surface area contributed by atoms with E-state index in [1.165, 1.54) is 30.4 Å². The molecule has 0 spiro atoms. The van der Waals surface area contributed by atoms with Crippen molar-refractivity contribution in [3.63, 3.8) is 0 Å². The third-order valence-corrected chi connectivity index (χ3v) is 5.83. The molecule has 1 aromatic rings. The molecule has 1 aromatic heterocycles. The maximum atomic E-state index is 12.3. The molecule has 1 heterocycles. The number of hydrogen-bond donors (Lipinski definition) is 3. The van der Waals surface area contributed by atoms with Crippen LogP contribution >= 0.6 is 23.6 Å². The van der Waals surface area contributed by atoms with Crippen LogP contribution in [0.25, 0.3) is 0 Å². The van der Waals surface area contributed by atoms with Gasteiger partial charge in [-0.25, -0.2) is 0 Å². The molecule has 1 aliphatic carbocycles. The molecule has 0 radical (unpaired) electrons. The van der Waals surface area contributed by atoms with Crippen molar-refractivity contribution in [3.8, 4) is 0 Å². The Hall–Kier alpha value is -1.67. The molecule has 2 rings (SSSR count). The molecule has 8 heteroatoms. The molecule has 138 valence electrons. The van der Waals surface area contributed by atoms with Gasteiger partial charge in [0.2, 0.25) is 0 Å². The number of fused-ring (bicyclic) bond motifs is 1. The molecule has 6 nitrogen and oxygen atoms in total. The monoisotopic (exact) mass is 383 g/mol.